The number of hydrogen-bond donors (Lipinski definition) is 2. The van der Waals surface area contributed by atoms with Gasteiger partial charge in [-0.05, 0) is 0 Å². The molecular formula is C18H36N2O4Se2. The van der Waals surface area contributed by atoms with Crippen LogP contribution in [-0.2, 0) is 9.47 Å². The van der Waals surface area contributed by atoms with E-state index < -0.39 is 11.2 Å². The first-order valence-electron chi connectivity index (χ1n) is 9.09. The zero-order chi connectivity index (χ0) is 20.4. The first-order valence-corrected chi connectivity index (χ1v) is 15.8. The van der Waals surface area contributed by atoms with E-state index in [1.165, 1.54) is 0 Å². The van der Waals surface area contributed by atoms with Gasteiger partial charge in [-0.25, -0.2) is 0 Å². The van der Waals surface area contributed by atoms with Crippen molar-refractivity contribution in [2.45, 2.75) is 102 Å². The van der Waals surface area contributed by atoms with Crippen LogP contribution in [0.5, 0.6) is 0 Å². The number of carbonyl (C=O) groups excluding carboxylic acids is 2. The first-order chi connectivity index (χ1) is 11.9. The molecular weight excluding hydrogens is 466 g/mol. The Labute approximate surface area is 170 Å². The molecule has 0 saturated carbocycles. The van der Waals surface area contributed by atoms with Gasteiger partial charge >= 0.3 is 170 Å². The molecule has 0 spiro atoms. The Balaban J connectivity index is 4.15. The first kappa shape index (κ1) is 25.6. The summed E-state index contributed by atoms with van der Waals surface area (Å²) in [4.78, 5) is 23.7. The van der Waals surface area contributed by atoms with Crippen LogP contribution in [0.3, 0.4) is 0 Å². The van der Waals surface area contributed by atoms with Gasteiger partial charge in [-0.2, -0.15) is 0 Å². The predicted octanol–water partition coefficient (Wildman–Crippen LogP) is 3.75. The Kier molecular flexibility index (Phi) is 11.9. The molecule has 0 rings (SSSR count). The fraction of sp³-hybridized carbons (Fsp3) is 0.889. The Bertz CT molecular complexity index is 394. The number of hydrogen-bond acceptors (Lipinski definition) is 4. The summed E-state index contributed by atoms with van der Waals surface area (Å²) < 4.78 is 10.6. The molecule has 26 heavy (non-hydrogen) atoms. The number of nitrogens with one attached hydrogen (secondary N) is 2. The Hall–Kier alpha value is -0.421. The number of rotatable bonds is 9. The fourth-order valence-corrected chi connectivity index (χ4v) is 9.84. The normalized spacial score (nSPS) is 14.3. The van der Waals surface area contributed by atoms with Gasteiger partial charge in [0.05, 0.1) is 0 Å². The van der Waals surface area contributed by atoms with Gasteiger partial charge in [-0.15, -0.1) is 0 Å². The molecule has 0 saturated heterocycles. The van der Waals surface area contributed by atoms with E-state index in [1.807, 2.05) is 41.5 Å². The molecule has 0 aromatic carbocycles. The monoisotopic (exact) mass is 504 g/mol. The van der Waals surface area contributed by atoms with Crippen LogP contribution in [0, 0.1) is 0 Å². The molecule has 154 valence electrons. The van der Waals surface area contributed by atoms with Crippen molar-refractivity contribution in [3.8, 4) is 0 Å². The second kappa shape index (κ2) is 12.1. The van der Waals surface area contributed by atoms with E-state index in [1.54, 1.807) is 0 Å². The molecule has 2 N–H and O–H groups in total. The average molecular weight is 502 g/mol. The molecule has 0 aromatic heterocycles. The van der Waals surface area contributed by atoms with Gasteiger partial charge in [-0.3, -0.25) is 0 Å². The van der Waals surface area contributed by atoms with Crippen LogP contribution in [0.1, 0.15) is 68.2 Å². The van der Waals surface area contributed by atoms with Gasteiger partial charge in [0, 0.05) is 0 Å². The van der Waals surface area contributed by atoms with E-state index in [4.69, 9.17) is 9.47 Å². The van der Waals surface area contributed by atoms with E-state index in [-0.39, 0.29) is 24.3 Å². The molecule has 2 amide bonds. The molecule has 6 nitrogen and oxygen atoms in total. The molecule has 0 aliphatic heterocycles. The Morgan fingerprint density at radius 3 is 1.31 bits per heavy atom. The van der Waals surface area contributed by atoms with E-state index in [2.05, 4.69) is 24.5 Å². The second-order valence-corrected chi connectivity index (χ2v) is 15.6. The maximum absolute atomic E-state index is 11.9. The van der Waals surface area contributed by atoms with Crippen molar-refractivity contribution in [3.05, 3.63) is 0 Å². The van der Waals surface area contributed by atoms with Crippen LogP contribution < -0.4 is 10.6 Å². The SMILES string of the molecule is CC[C@@H](C[Se][Se]C[C@H](CC)NC(=O)OC(C)(C)C)NC(=O)OC(C)(C)C. The second-order valence-electron chi connectivity index (χ2n) is 8.07. The van der Waals surface area contributed by atoms with Crippen LogP contribution in [-0.4, -0.2) is 61.7 Å². The zero-order valence-electron chi connectivity index (χ0n) is 17.4. The topological polar surface area (TPSA) is 76.7 Å². The maximum atomic E-state index is 11.9. The van der Waals surface area contributed by atoms with Gasteiger partial charge < -0.3 is 0 Å². The molecule has 0 fully saturated rings. The summed E-state index contributed by atoms with van der Waals surface area (Å²) >= 11 is 0.928. The minimum absolute atomic E-state index is 0.158. The third kappa shape index (κ3) is 14.7. The molecule has 0 aromatic rings. The van der Waals surface area contributed by atoms with Crippen LogP contribution in [0.2, 0.25) is 10.6 Å². The quantitative estimate of drug-likeness (QED) is 0.372. The summed E-state index contributed by atoms with van der Waals surface area (Å²) in [7, 11) is 0. The van der Waals surface area contributed by atoms with E-state index in [9.17, 15) is 9.59 Å². The van der Waals surface area contributed by atoms with Crippen LogP contribution in [0.15, 0.2) is 0 Å². The van der Waals surface area contributed by atoms with Gasteiger partial charge in [0.2, 0.25) is 0 Å². The molecule has 8 heteroatoms. The number of carbonyl (C=O) groups is 2. The van der Waals surface area contributed by atoms with Crippen molar-refractivity contribution >= 4 is 38.4 Å². The molecule has 0 aliphatic carbocycles. The zero-order valence-corrected chi connectivity index (χ0v) is 20.9. The summed E-state index contributed by atoms with van der Waals surface area (Å²) in [6, 6.07) is 0.316. The van der Waals surface area contributed by atoms with Crippen molar-refractivity contribution < 1.29 is 19.1 Å². The summed E-state index contributed by atoms with van der Waals surface area (Å²) in [5, 5.41) is 7.90. The van der Waals surface area contributed by atoms with Crippen molar-refractivity contribution in [1.82, 2.24) is 10.6 Å². The van der Waals surface area contributed by atoms with Crippen LogP contribution in [0.25, 0.3) is 0 Å². The minimum atomic E-state index is -0.473. The van der Waals surface area contributed by atoms with Crippen molar-refractivity contribution in [2.24, 2.45) is 0 Å². The van der Waals surface area contributed by atoms with E-state index in [0.717, 1.165) is 23.5 Å². The van der Waals surface area contributed by atoms with Crippen molar-refractivity contribution in [1.29, 1.82) is 0 Å². The molecule has 0 aliphatic rings. The standard InChI is InChI=1S/C18H36N2O4Se2/c1-9-13(19-15(21)23-17(3,4)5)11-25-26-12-14(10-2)20-16(22)24-18(6,7)8/h13-14H,9-12H2,1-8H3,(H,19,21)(H,20,22)/t13-,14-/m0/s1. The molecule has 0 bridgehead atoms. The Morgan fingerprint density at radius 1 is 0.769 bits per heavy atom. The van der Waals surface area contributed by atoms with Crippen LogP contribution in [0.4, 0.5) is 9.59 Å². The van der Waals surface area contributed by atoms with Gasteiger partial charge in [0.1, 0.15) is 0 Å². The predicted molar refractivity (Wildman–Crippen MR) is 108 cm³/mol. The average Bonchev–Trinajstić information content (AvgIpc) is 2.45. The molecule has 0 unspecified atom stereocenters. The summed E-state index contributed by atoms with van der Waals surface area (Å²) in [6.07, 6.45) is 1.10. The third-order valence-corrected chi connectivity index (χ3v) is 10.4. The van der Waals surface area contributed by atoms with Crippen LogP contribution >= 0.6 is 0 Å². The van der Waals surface area contributed by atoms with E-state index >= 15 is 0 Å². The summed E-state index contributed by atoms with van der Waals surface area (Å²) in [5.41, 5.74) is -0.946. The van der Waals surface area contributed by atoms with Gasteiger partial charge in [0.15, 0.2) is 0 Å². The summed E-state index contributed by atoms with van der Waals surface area (Å²) in [6.45, 7) is 15.3. The van der Waals surface area contributed by atoms with Gasteiger partial charge in [0.25, 0.3) is 0 Å². The number of amides is 2. The van der Waals surface area contributed by atoms with Crippen molar-refractivity contribution in [2.75, 3.05) is 0 Å². The molecule has 2 atom stereocenters. The fourth-order valence-electron chi connectivity index (χ4n) is 1.73. The van der Waals surface area contributed by atoms with E-state index in [0.29, 0.717) is 26.3 Å². The summed E-state index contributed by atoms with van der Waals surface area (Å²) in [5.74, 6) is 0. The third-order valence-electron chi connectivity index (χ3n) is 3.05. The Morgan fingerprint density at radius 2 is 1.08 bits per heavy atom. The molecule has 0 radical (unpaired) electrons. The number of alkyl carbamates (subject to hydrolysis) is 2. The number of ether oxygens (including phenoxy) is 2. The molecule has 0 heterocycles. The van der Waals surface area contributed by atoms with Gasteiger partial charge in [-0.1, -0.05) is 0 Å². The van der Waals surface area contributed by atoms with Crippen molar-refractivity contribution in [3.63, 3.8) is 0 Å².